The van der Waals surface area contributed by atoms with Crippen molar-refractivity contribution in [2.75, 3.05) is 27.2 Å². The van der Waals surface area contributed by atoms with Gasteiger partial charge in [0.25, 0.3) is 0 Å². The van der Waals surface area contributed by atoms with Gasteiger partial charge < -0.3 is 15.0 Å². The van der Waals surface area contributed by atoms with E-state index in [2.05, 4.69) is 15.0 Å². The van der Waals surface area contributed by atoms with Gasteiger partial charge in [-0.1, -0.05) is 12.1 Å². The van der Waals surface area contributed by atoms with Crippen LogP contribution in [0.2, 0.25) is 0 Å². The van der Waals surface area contributed by atoms with E-state index in [0.717, 1.165) is 25.1 Å². The lowest BCUT2D eigenvalue weighted by Gasteiger charge is -2.11. The summed E-state index contributed by atoms with van der Waals surface area (Å²) in [6.45, 7) is 2.33. The van der Waals surface area contributed by atoms with Crippen LogP contribution < -0.4 is 10.1 Å². The molecule has 0 fully saturated rings. The van der Waals surface area contributed by atoms with E-state index in [0.29, 0.717) is 6.54 Å². The molecule has 3 nitrogen and oxygen atoms in total. The molecule has 108 valence electrons. The Hall–Kier alpha value is -1.27. The molecule has 19 heavy (non-hydrogen) atoms. The van der Waals surface area contributed by atoms with Crippen LogP contribution in [0.25, 0.3) is 0 Å². The molecular formula is C13H19F3N2O. The highest BCUT2D eigenvalue weighted by Crippen LogP contribution is 2.23. The zero-order valence-electron chi connectivity index (χ0n) is 11.1. The molecule has 1 aromatic rings. The van der Waals surface area contributed by atoms with Crippen LogP contribution in [0.5, 0.6) is 5.75 Å². The normalized spacial score (nSPS) is 11.9. The van der Waals surface area contributed by atoms with Crippen LogP contribution in [0.1, 0.15) is 12.0 Å². The van der Waals surface area contributed by atoms with E-state index in [4.69, 9.17) is 0 Å². The monoisotopic (exact) mass is 276 g/mol. The molecule has 0 saturated carbocycles. The summed E-state index contributed by atoms with van der Waals surface area (Å²) in [7, 11) is 4.00. The summed E-state index contributed by atoms with van der Waals surface area (Å²) < 4.78 is 40.0. The van der Waals surface area contributed by atoms with Crippen LogP contribution in [0.4, 0.5) is 13.2 Å². The number of benzene rings is 1. The Morgan fingerprint density at radius 2 is 2.00 bits per heavy atom. The Bertz CT molecular complexity index is 380. The largest absolute Gasteiger partial charge is 0.573 e. The van der Waals surface area contributed by atoms with Crippen molar-refractivity contribution in [3.05, 3.63) is 29.8 Å². The van der Waals surface area contributed by atoms with E-state index in [1.54, 1.807) is 12.1 Å². The fraction of sp³-hybridized carbons (Fsp3) is 0.538. The Balaban J connectivity index is 2.36. The number of halogens is 3. The molecule has 0 aliphatic carbocycles. The van der Waals surface area contributed by atoms with Gasteiger partial charge in [-0.2, -0.15) is 0 Å². The van der Waals surface area contributed by atoms with E-state index in [-0.39, 0.29) is 5.75 Å². The lowest BCUT2D eigenvalue weighted by atomic mass is 10.2. The van der Waals surface area contributed by atoms with Crippen LogP contribution in [0.3, 0.4) is 0 Å². The van der Waals surface area contributed by atoms with Gasteiger partial charge in [0.05, 0.1) is 0 Å². The van der Waals surface area contributed by atoms with Crippen molar-refractivity contribution in [3.8, 4) is 5.75 Å². The highest BCUT2D eigenvalue weighted by atomic mass is 19.4. The molecule has 0 radical (unpaired) electrons. The second-order valence-electron chi connectivity index (χ2n) is 4.53. The number of hydrogen-bond acceptors (Lipinski definition) is 3. The molecule has 1 rings (SSSR count). The van der Waals surface area contributed by atoms with Gasteiger partial charge >= 0.3 is 6.36 Å². The Labute approximate surface area is 111 Å². The predicted molar refractivity (Wildman–Crippen MR) is 68.0 cm³/mol. The van der Waals surface area contributed by atoms with E-state index in [1.165, 1.54) is 12.1 Å². The Morgan fingerprint density at radius 3 is 2.63 bits per heavy atom. The molecule has 0 unspecified atom stereocenters. The third-order valence-electron chi connectivity index (χ3n) is 2.42. The molecule has 0 bridgehead atoms. The zero-order chi connectivity index (χ0) is 14.3. The van der Waals surface area contributed by atoms with Crippen molar-refractivity contribution in [1.29, 1.82) is 0 Å². The predicted octanol–water partition coefficient (Wildman–Crippen LogP) is 2.63. The first-order chi connectivity index (χ1) is 8.87. The molecular weight excluding hydrogens is 257 g/mol. The van der Waals surface area contributed by atoms with E-state index < -0.39 is 6.36 Å². The molecule has 1 N–H and O–H groups in total. The topological polar surface area (TPSA) is 24.5 Å². The third-order valence-corrected chi connectivity index (χ3v) is 2.42. The fourth-order valence-corrected chi connectivity index (χ4v) is 1.61. The summed E-state index contributed by atoms with van der Waals surface area (Å²) in [5.74, 6) is -0.180. The van der Waals surface area contributed by atoms with Crippen LogP contribution in [0.15, 0.2) is 24.3 Å². The maximum Gasteiger partial charge on any atom is 0.573 e. The van der Waals surface area contributed by atoms with Crippen molar-refractivity contribution >= 4 is 0 Å². The zero-order valence-corrected chi connectivity index (χ0v) is 11.1. The van der Waals surface area contributed by atoms with Gasteiger partial charge in [0, 0.05) is 6.54 Å². The fourth-order valence-electron chi connectivity index (χ4n) is 1.61. The number of nitrogens with zero attached hydrogens (tertiary/aromatic N) is 1. The standard InChI is InChI=1S/C13H19F3N2O/c1-18(2)8-4-7-17-10-11-5-3-6-12(9-11)19-13(14,15)16/h3,5-6,9,17H,4,7-8,10H2,1-2H3. The van der Waals surface area contributed by atoms with Gasteiger partial charge in [-0.15, -0.1) is 13.2 Å². The van der Waals surface area contributed by atoms with Gasteiger partial charge in [-0.25, -0.2) is 0 Å². The van der Waals surface area contributed by atoms with Crippen LogP contribution in [0, 0.1) is 0 Å². The average molecular weight is 276 g/mol. The molecule has 0 saturated heterocycles. The molecule has 6 heteroatoms. The summed E-state index contributed by atoms with van der Waals surface area (Å²) in [5, 5.41) is 3.18. The van der Waals surface area contributed by atoms with Gasteiger partial charge in [0.1, 0.15) is 5.75 Å². The lowest BCUT2D eigenvalue weighted by molar-refractivity contribution is -0.274. The SMILES string of the molecule is CN(C)CCCNCc1cccc(OC(F)(F)F)c1. The lowest BCUT2D eigenvalue weighted by Crippen LogP contribution is -2.21. The number of hydrogen-bond donors (Lipinski definition) is 1. The number of rotatable bonds is 7. The van der Waals surface area contributed by atoms with Gasteiger partial charge in [-0.05, 0) is 51.3 Å². The molecule has 0 atom stereocenters. The quantitative estimate of drug-likeness (QED) is 0.775. The average Bonchev–Trinajstić information content (AvgIpc) is 2.26. The molecule has 1 aromatic carbocycles. The maximum absolute atomic E-state index is 12.1. The minimum atomic E-state index is -4.64. The van der Waals surface area contributed by atoms with Crippen molar-refractivity contribution < 1.29 is 17.9 Å². The van der Waals surface area contributed by atoms with E-state index >= 15 is 0 Å². The minimum absolute atomic E-state index is 0.180. The van der Waals surface area contributed by atoms with Crippen molar-refractivity contribution in [1.82, 2.24) is 10.2 Å². The second kappa shape index (κ2) is 7.35. The number of nitrogens with one attached hydrogen (secondary N) is 1. The van der Waals surface area contributed by atoms with E-state index in [1.807, 2.05) is 14.1 Å². The Kier molecular flexibility index (Phi) is 6.11. The maximum atomic E-state index is 12.1. The molecule has 0 aliphatic rings. The summed E-state index contributed by atoms with van der Waals surface area (Å²) in [6, 6.07) is 6.01. The highest BCUT2D eigenvalue weighted by Gasteiger charge is 2.31. The smallest absolute Gasteiger partial charge is 0.406 e. The van der Waals surface area contributed by atoms with Crippen LogP contribution in [-0.2, 0) is 6.54 Å². The summed E-state index contributed by atoms with van der Waals surface area (Å²) in [6.07, 6.45) is -3.65. The van der Waals surface area contributed by atoms with Crippen LogP contribution in [-0.4, -0.2) is 38.4 Å². The molecule has 0 amide bonds. The van der Waals surface area contributed by atoms with Crippen molar-refractivity contribution in [2.24, 2.45) is 0 Å². The number of ether oxygens (including phenoxy) is 1. The van der Waals surface area contributed by atoms with Crippen molar-refractivity contribution in [3.63, 3.8) is 0 Å². The van der Waals surface area contributed by atoms with Gasteiger partial charge in [0.2, 0.25) is 0 Å². The summed E-state index contributed by atoms with van der Waals surface area (Å²) in [4.78, 5) is 2.08. The first kappa shape index (κ1) is 15.8. The molecule has 0 heterocycles. The van der Waals surface area contributed by atoms with E-state index in [9.17, 15) is 13.2 Å². The minimum Gasteiger partial charge on any atom is -0.406 e. The van der Waals surface area contributed by atoms with Gasteiger partial charge in [-0.3, -0.25) is 0 Å². The first-order valence-electron chi connectivity index (χ1n) is 6.07. The van der Waals surface area contributed by atoms with Crippen LogP contribution >= 0.6 is 0 Å². The number of alkyl halides is 3. The first-order valence-corrected chi connectivity index (χ1v) is 6.07. The van der Waals surface area contributed by atoms with Gasteiger partial charge in [0.15, 0.2) is 0 Å². The Morgan fingerprint density at radius 1 is 1.26 bits per heavy atom. The summed E-state index contributed by atoms with van der Waals surface area (Å²) in [5.41, 5.74) is 0.770. The third kappa shape index (κ3) is 7.69. The highest BCUT2D eigenvalue weighted by molar-refractivity contribution is 5.28. The summed E-state index contributed by atoms with van der Waals surface area (Å²) >= 11 is 0. The molecule has 0 spiro atoms. The molecule has 0 aliphatic heterocycles. The van der Waals surface area contributed by atoms with Crippen molar-refractivity contribution in [2.45, 2.75) is 19.3 Å². The molecule has 0 aromatic heterocycles. The second-order valence-corrected chi connectivity index (χ2v) is 4.53.